The molecule has 0 unspecified atom stereocenters. The fourth-order valence-corrected chi connectivity index (χ4v) is 6.11. The number of hydrogen-bond donors (Lipinski definition) is 1. The number of sulfonamides is 1. The van der Waals surface area contributed by atoms with Crippen molar-refractivity contribution in [2.45, 2.75) is 30.8 Å². The Morgan fingerprint density at radius 3 is 2.88 bits per heavy atom. The van der Waals surface area contributed by atoms with Crippen LogP contribution in [-0.4, -0.2) is 39.4 Å². The Hall–Kier alpha value is -2.74. The van der Waals surface area contributed by atoms with E-state index in [9.17, 15) is 17.6 Å². The van der Waals surface area contributed by atoms with E-state index >= 15 is 0 Å². The summed E-state index contributed by atoms with van der Waals surface area (Å²) in [6.07, 6.45) is 3.17. The smallest absolute Gasteiger partial charge is 0.408 e. The van der Waals surface area contributed by atoms with Crippen LogP contribution < -0.4 is 10.5 Å². The highest BCUT2D eigenvalue weighted by atomic mass is 32.2. The minimum Gasteiger partial charge on any atom is -0.408 e. The Bertz CT molecular complexity index is 1530. The van der Waals surface area contributed by atoms with Crippen molar-refractivity contribution >= 4 is 49.7 Å². The van der Waals surface area contributed by atoms with Gasteiger partial charge in [-0.05, 0) is 42.0 Å². The summed E-state index contributed by atoms with van der Waals surface area (Å²) in [5.41, 5.74) is 3.28. The lowest BCUT2D eigenvalue weighted by molar-refractivity contribution is 0.390. The average Bonchev–Trinajstić information content (AvgIpc) is 3.42. The normalized spacial score (nSPS) is 15.4. The van der Waals surface area contributed by atoms with Crippen molar-refractivity contribution < 1.29 is 17.2 Å². The van der Waals surface area contributed by atoms with Crippen LogP contribution >= 0.6 is 23.5 Å². The first-order valence-corrected chi connectivity index (χ1v) is 13.8. The second kappa shape index (κ2) is 8.80. The number of nitrogens with zero attached hydrogens (tertiary/aromatic N) is 4. The van der Waals surface area contributed by atoms with Gasteiger partial charge in [-0.15, -0.1) is 0 Å². The Kier molecular flexibility index (Phi) is 5.96. The predicted octanol–water partition coefficient (Wildman–Crippen LogP) is 3.63. The van der Waals surface area contributed by atoms with Gasteiger partial charge in [0.05, 0.1) is 22.7 Å². The second-order valence-electron chi connectivity index (χ2n) is 7.95. The van der Waals surface area contributed by atoms with Crippen LogP contribution in [0.2, 0.25) is 0 Å². The molecule has 3 heterocycles. The Morgan fingerprint density at radius 1 is 1.32 bits per heavy atom. The molecule has 1 atom stereocenters. The van der Waals surface area contributed by atoms with Crippen LogP contribution in [0.15, 0.2) is 50.8 Å². The molecule has 34 heavy (non-hydrogen) atoms. The molecule has 0 bridgehead atoms. The molecule has 0 aliphatic carbocycles. The third-order valence-electron chi connectivity index (χ3n) is 5.86. The number of nitrogens with one attached hydrogen (secondary N) is 1. The van der Waals surface area contributed by atoms with Crippen LogP contribution in [0.4, 0.5) is 9.52 Å². The van der Waals surface area contributed by atoms with Crippen molar-refractivity contribution in [3.05, 3.63) is 69.7 Å². The van der Waals surface area contributed by atoms with Crippen molar-refractivity contribution in [2.24, 2.45) is 0 Å². The lowest BCUT2D eigenvalue weighted by atomic mass is 9.92. The third-order valence-corrected chi connectivity index (χ3v) is 8.64. The van der Waals surface area contributed by atoms with Gasteiger partial charge in [-0.2, -0.15) is 8.68 Å². The van der Waals surface area contributed by atoms with Gasteiger partial charge in [-0.1, -0.05) is 18.2 Å². The van der Waals surface area contributed by atoms with E-state index in [0.29, 0.717) is 23.6 Å². The van der Waals surface area contributed by atoms with Crippen molar-refractivity contribution in [3.63, 3.8) is 0 Å². The zero-order valence-electron chi connectivity index (χ0n) is 18.2. The van der Waals surface area contributed by atoms with E-state index in [-0.39, 0.29) is 17.0 Å². The van der Waals surface area contributed by atoms with E-state index in [2.05, 4.69) is 14.1 Å². The number of oxazole rings is 1. The minimum atomic E-state index is -3.36. The molecule has 2 aromatic heterocycles. The maximum absolute atomic E-state index is 14.9. The third kappa shape index (κ3) is 4.24. The Labute approximate surface area is 203 Å². The summed E-state index contributed by atoms with van der Waals surface area (Å²) in [5.74, 6) is -1.14. The van der Waals surface area contributed by atoms with Crippen molar-refractivity contribution in [2.75, 3.05) is 17.5 Å². The van der Waals surface area contributed by atoms with Gasteiger partial charge in [-0.3, -0.25) is 4.57 Å². The highest BCUT2D eigenvalue weighted by Crippen LogP contribution is 2.33. The molecule has 0 amide bonds. The molecular weight excluding hydrogens is 501 g/mol. The van der Waals surface area contributed by atoms with E-state index in [1.165, 1.54) is 33.6 Å². The number of benzene rings is 2. The van der Waals surface area contributed by atoms with Crippen molar-refractivity contribution in [1.29, 1.82) is 0 Å². The highest BCUT2D eigenvalue weighted by Gasteiger charge is 2.28. The summed E-state index contributed by atoms with van der Waals surface area (Å²) in [6, 6.07) is 7.98. The quantitative estimate of drug-likeness (QED) is 0.383. The lowest BCUT2D eigenvalue weighted by Gasteiger charge is -2.30. The number of anilines is 1. The Morgan fingerprint density at radius 2 is 2.15 bits per heavy atom. The summed E-state index contributed by atoms with van der Waals surface area (Å²) in [6.45, 7) is 2.46. The average molecular weight is 522 g/mol. The fourth-order valence-electron chi connectivity index (χ4n) is 4.19. The van der Waals surface area contributed by atoms with Gasteiger partial charge in [0.2, 0.25) is 15.2 Å². The monoisotopic (exact) mass is 521 g/mol. The molecule has 1 aliphatic heterocycles. The number of aromatic nitrogens is 3. The van der Waals surface area contributed by atoms with Gasteiger partial charge in [-0.25, -0.2) is 22.6 Å². The molecule has 1 aliphatic rings. The van der Waals surface area contributed by atoms with E-state index in [4.69, 9.17) is 4.42 Å². The van der Waals surface area contributed by atoms with Crippen LogP contribution in [0.1, 0.15) is 29.7 Å². The summed E-state index contributed by atoms with van der Waals surface area (Å²) >= 11 is 2.15. The number of hydrogen-bond acceptors (Lipinski definition) is 9. The maximum atomic E-state index is 14.9. The standard InChI is InChI=1S/C21H20FN5O4S3/c1-12(14-5-3-4-13-6-7-26(10-15(13)14)34(2,29)30)27-17-8-16(22)19(9-18(17)31-21(27)28)32-25-20-23-11-24-33-20/h3-5,8-9,11-12H,6-7,10H2,1-2H3,(H,23,24,25)/t12-/m1/s1. The predicted molar refractivity (Wildman–Crippen MR) is 129 cm³/mol. The van der Waals surface area contributed by atoms with Crippen LogP contribution in [0.25, 0.3) is 11.1 Å². The zero-order valence-corrected chi connectivity index (χ0v) is 20.6. The fraction of sp³-hybridized carbons (Fsp3) is 0.286. The van der Waals surface area contributed by atoms with Crippen LogP contribution in [0.5, 0.6) is 0 Å². The molecule has 0 saturated carbocycles. The van der Waals surface area contributed by atoms with Crippen LogP contribution in [0, 0.1) is 5.82 Å². The molecule has 178 valence electrons. The van der Waals surface area contributed by atoms with E-state index < -0.39 is 27.6 Å². The number of halogens is 1. The van der Waals surface area contributed by atoms with Crippen molar-refractivity contribution in [3.8, 4) is 0 Å². The van der Waals surface area contributed by atoms with Gasteiger partial charge in [0, 0.05) is 36.8 Å². The number of rotatable bonds is 6. The molecule has 5 rings (SSSR count). The molecular formula is C21H20FN5O4S3. The van der Waals surface area contributed by atoms with E-state index in [1.54, 1.807) is 0 Å². The topological polar surface area (TPSA) is 110 Å². The molecule has 9 nitrogen and oxygen atoms in total. The first-order chi connectivity index (χ1) is 16.2. The van der Waals surface area contributed by atoms with E-state index in [0.717, 1.165) is 40.2 Å². The molecule has 1 N–H and O–H groups in total. The summed E-state index contributed by atoms with van der Waals surface area (Å²) < 4.78 is 54.3. The molecule has 4 aromatic rings. The molecule has 0 radical (unpaired) electrons. The SMILES string of the molecule is C[C@H](c1cccc2c1CN(S(C)(=O)=O)CC2)n1c(=O)oc2cc(SNc3ncns3)c(F)cc21. The van der Waals surface area contributed by atoms with Gasteiger partial charge in [0.1, 0.15) is 12.1 Å². The minimum absolute atomic E-state index is 0.228. The largest absolute Gasteiger partial charge is 0.420 e. The highest BCUT2D eigenvalue weighted by molar-refractivity contribution is 8.00. The van der Waals surface area contributed by atoms with E-state index in [1.807, 2.05) is 25.1 Å². The lowest BCUT2D eigenvalue weighted by Crippen LogP contribution is -2.36. The molecule has 2 aromatic carbocycles. The molecule has 0 saturated heterocycles. The van der Waals surface area contributed by atoms with Gasteiger partial charge < -0.3 is 9.14 Å². The zero-order chi connectivity index (χ0) is 24.0. The number of fused-ring (bicyclic) bond motifs is 2. The second-order valence-corrected chi connectivity index (χ2v) is 11.6. The molecule has 0 fully saturated rings. The van der Waals surface area contributed by atoms with Crippen LogP contribution in [-0.2, 0) is 23.0 Å². The summed E-state index contributed by atoms with van der Waals surface area (Å²) in [5, 5.41) is 0.522. The Balaban J connectivity index is 1.52. The maximum Gasteiger partial charge on any atom is 0.420 e. The molecule has 0 spiro atoms. The summed E-state index contributed by atoms with van der Waals surface area (Å²) in [4.78, 5) is 17.1. The molecule has 13 heteroatoms. The summed E-state index contributed by atoms with van der Waals surface area (Å²) in [7, 11) is -3.36. The van der Waals surface area contributed by atoms with Gasteiger partial charge in [0.15, 0.2) is 5.58 Å². The first-order valence-electron chi connectivity index (χ1n) is 10.3. The first kappa shape index (κ1) is 23.0. The van der Waals surface area contributed by atoms with Crippen LogP contribution in [0.3, 0.4) is 0 Å². The van der Waals surface area contributed by atoms with Gasteiger partial charge >= 0.3 is 5.76 Å². The van der Waals surface area contributed by atoms with Crippen molar-refractivity contribution in [1.82, 2.24) is 18.2 Å². The van der Waals surface area contributed by atoms with Gasteiger partial charge in [0.25, 0.3) is 0 Å².